The molecule has 0 N–H and O–H groups in total. The maximum atomic E-state index is 12.4. The van der Waals surface area contributed by atoms with Crippen molar-refractivity contribution in [2.24, 2.45) is 0 Å². The topological polar surface area (TPSA) is 34.2 Å². The highest BCUT2D eigenvalue weighted by Crippen LogP contribution is 2.30. The minimum absolute atomic E-state index is 0.0544. The fourth-order valence-electron chi connectivity index (χ4n) is 2.70. The molecule has 1 aromatic rings. The monoisotopic (exact) mass is 330 g/mol. The van der Waals surface area contributed by atoms with Crippen LogP contribution in [0.4, 0.5) is 8.78 Å². The number of benzene rings is 1. The molecule has 1 aliphatic heterocycles. The Morgan fingerprint density at radius 2 is 2.13 bits per heavy atom. The quantitative estimate of drug-likeness (QED) is 0.764. The molecule has 130 valence electrons. The molecule has 1 fully saturated rings. The number of hydrogen-bond acceptors (Lipinski definition) is 5. The Morgan fingerprint density at radius 1 is 1.35 bits per heavy atom. The number of ether oxygens (including phenoxy) is 3. The maximum absolute atomic E-state index is 12.4. The number of methoxy groups -OCH3 is 1. The molecular formula is C16H24F2N2O3. The summed E-state index contributed by atoms with van der Waals surface area (Å²) in [6.07, 6.45) is 0.182. The van der Waals surface area contributed by atoms with E-state index in [2.05, 4.69) is 14.5 Å². The zero-order valence-corrected chi connectivity index (χ0v) is 13.8. The van der Waals surface area contributed by atoms with Crippen LogP contribution < -0.4 is 9.47 Å². The molecule has 0 spiro atoms. The van der Waals surface area contributed by atoms with Gasteiger partial charge < -0.3 is 19.1 Å². The van der Waals surface area contributed by atoms with Crippen molar-refractivity contribution in [2.75, 3.05) is 47.4 Å². The van der Waals surface area contributed by atoms with Gasteiger partial charge in [0, 0.05) is 26.2 Å². The molecule has 0 saturated carbocycles. The Morgan fingerprint density at radius 3 is 2.78 bits per heavy atom. The molecule has 0 bridgehead atoms. The maximum Gasteiger partial charge on any atom is 0.387 e. The molecule has 0 unspecified atom stereocenters. The molecule has 0 radical (unpaired) electrons. The third-order valence-electron chi connectivity index (χ3n) is 3.64. The lowest BCUT2D eigenvalue weighted by molar-refractivity contribution is -0.0513. The van der Waals surface area contributed by atoms with E-state index in [0.29, 0.717) is 12.4 Å². The predicted octanol–water partition coefficient (Wildman–Crippen LogP) is 2.06. The summed E-state index contributed by atoms with van der Waals surface area (Å²) in [5.74, 6) is 0.375. The first kappa shape index (κ1) is 17.9. The first-order valence-corrected chi connectivity index (χ1v) is 7.58. The van der Waals surface area contributed by atoms with Gasteiger partial charge in [0.05, 0.1) is 19.8 Å². The van der Waals surface area contributed by atoms with E-state index in [1.54, 1.807) is 12.1 Å². The number of morpholine rings is 1. The van der Waals surface area contributed by atoms with Gasteiger partial charge in [-0.25, -0.2) is 0 Å². The molecule has 7 heteroatoms. The summed E-state index contributed by atoms with van der Waals surface area (Å²) in [4.78, 5) is 4.40. The van der Waals surface area contributed by atoms with E-state index in [-0.39, 0.29) is 11.9 Å². The summed E-state index contributed by atoms with van der Waals surface area (Å²) < 4.78 is 40.0. The van der Waals surface area contributed by atoms with Gasteiger partial charge in [0.25, 0.3) is 0 Å². The Labute approximate surface area is 135 Å². The van der Waals surface area contributed by atoms with Crippen molar-refractivity contribution in [3.05, 3.63) is 23.8 Å². The number of hydrogen-bond donors (Lipinski definition) is 0. The molecule has 1 saturated heterocycles. The Balaban J connectivity index is 1.99. The Hall–Kier alpha value is -1.44. The van der Waals surface area contributed by atoms with Gasteiger partial charge in [0.15, 0.2) is 11.5 Å². The average molecular weight is 330 g/mol. The lowest BCUT2D eigenvalue weighted by Crippen LogP contribution is -2.45. The fraction of sp³-hybridized carbons (Fsp3) is 0.625. The molecule has 0 aliphatic carbocycles. The van der Waals surface area contributed by atoms with E-state index < -0.39 is 6.61 Å². The van der Waals surface area contributed by atoms with E-state index in [1.165, 1.54) is 13.2 Å². The minimum Gasteiger partial charge on any atom is -0.493 e. The van der Waals surface area contributed by atoms with Gasteiger partial charge in [-0.15, -0.1) is 0 Å². The number of rotatable bonds is 7. The standard InChI is InChI=1S/C16H24F2N2O3/c1-19(2)10-13-11-20(6-7-22-13)9-12-4-5-14(23-16(17)18)15(8-12)21-3/h4-5,8,13,16H,6-7,9-11H2,1-3H3/t13-/m1/s1. The van der Waals surface area contributed by atoms with Crippen LogP contribution in [0.25, 0.3) is 0 Å². The Bertz CT molecular complexity index is 500. The van der Waals surface area contributed by atoms with Crippen LogP contribution in [0.5, 0.6) is 11.5 Å². The molecule has 0 aromatic heterocycles. The van der Waals surface area contributed by atoms with Crippen LogP contribution in [-0.4, -0.2) is 70.0 Å². The summed E-state index contributed by atoms with van der Waals surface area (Å²) in [5.41, 5.74) is 0.994. The zero-order valence-electron chi connectivity index (χ0n) is 13.8. The van der Waals surface area contributed by atoms with Crippen molar-refractivity contribution in [3.63, 3.8) is 0 Å². The summed E-state index contributed by atoms with van der Waals surface area (Å²) in [5, 5.41) is 0. The third kappa shape index (κ3) is 5.60. The van der Waals surface area contributed by atoms with E-state index in [1.807, 2.05) is 14.1 Å². The molecule has 1 atom stereocenters. The normalized spacial score (nSPS) is 19.3. The predicted molar refractivity (Wildman–Crippen MR) is 83.2 cm³/mol. The lowest BCUT2D eigenvalue weighted by atomic mass is 10.1. The van der Waals surface area contributed by atoms with Gasteiger partial charge in [-0.05, 0) is 31.8 Å². The highest BCUT2D eigenvalue weighted by molar-refractivity contribution is 5.43. The zero-order chi connectivity index (χ0) is 16.8. The van der Waals surface area contributed by atoms with E-state index in [0.717, 1.165) is 31.7 Å². The van der Waals surface area contributed by atoms with E-state index in [9.17, 15) is 8.78 Å². The van der Waals surface area contributed by atoms with Crippen LogP contribution in [0.15, 0.2) is 18.2 Å². The summed E-state index contributed by atoms with van der Waals surface area (Å²) >= 11 is 0. The SMILES string of the molecule is COc1cc(CN2CCO[C@H](CN(C)C)C2)ccc1OC(F)F. The van der Waals surface area contributed by atoms with Crippen LogP contribution >= 0.6 is 0 Å². The van der Waals surface area contributed by atoms with Crippen molar-refractivity contribution in [1.29, 1.82) is 0 Å². The second kappa shape index (κ2) is 8.42. The largest absolute Gasteiger partial charge is 0.493 e. The number of alkyl halides is 2. The van der Waals surface area contributed by atoms with Crippen LogP contribution in [0.1, 0.15) is 5.56 Å². The van der Waals surface area contributed by atoms with Crippen molar-refractivity contribution >= 4 is 0 Å². The van der Waals surface area contributed by atoms with Gasteiger partial charge in [0.1, 0.15) is 0 Å². The second-order valence-electron chi connectivity index (χ2n) is 5.85. The van der Waals surface area contributed by atoms with Crippen LogP contribution in [0.2, 0.25) is 0 Å². The summed E-state index contributed by atoms with van der Waals surface area (Å²) in [6, 6.07) is 5.06. The molecular weight excluding hydrogens is 306 g/mol. The second-order valence-corrected chi connectivity index (χ2v) is 5.85. The Kier molecular flexibility index (Phi) is 6.56. The highest BCUT2D eigenvalue weighted by atomic mass is 19.3. The first-order valence-electron chi connectivity index (χ1n) is 7.58. The fourth-order valence-corrected chi connectivity index (χ4v) is 2.70. The molecule has 1 aromatic carbocycles. The molecule has 23 heavy (non-hydrogen) atoms. The van der Waals surface area contributed by atoms with Crippen LogP contribution in [0.3, 0.4) is 0 Å². The minimum atomic E-state index is -2.86. The molecule has 2 rings (SSSR count). The summed E-state index contributed by atoms with van der Waals surface area (Å²) in [6.45, 7) is 1.12. The smallest absolute Gasteiger partial charge is 0.387 e. The van der Waals surface area contributed by atoms with Crippen LogP contribution in [0, 0.1) is 0 Å². The van der Waals surface area contributed by atoms with Crippen molar-refractivity contribution in [1.82, 2.24) is 9.80 Å². The van der Waals surface area contributed by atoms with E-state index >= 15 is 0 Å². The van der Waals surface area contributed by atoms with Gasteiger partial charge in [0.2, 0.25) is 0 Å². The molecule has 0 amide bonds. The van der Waals surface area contributed by atoms with Gasteiger partial charge >= 0.3 is 6.61 Å². The number of halogens is 2. The highest BCUT2D eigenvalue weighted by Gasteiger charge is 2.21. The van der Waals surface area contributed by atoms with Gasteiger partial charge in [-0.3, -0.25) is 4.90 Å². The molecule has 5 nitrogen and oxygen atoms in total. The van der Waals surface area contributed by atoms with Gasteiger partial charge in [-0.2, -0.15) is 8.78 Å². The van der Waals surface area contributed by atoms with Crippen molar-refractivity contribution < 1.29 is 23.0 Å². The average Bonchev–Trinajstić information content (AvgIpc) is 2.48. The summed E-state index contributed by atoms with van der Waals surface area (Å²) in [7, 11) is 5.49. The lowest BCUT2D eigenvalue weighted by Gasteiger charge is -2.34. The van der Waals surface area contributed by atoms with Gasteiger partial charge in [-0.1, -0.05) is 6.07 Å². The molecule has 1 heterocycles. The van der Waals surface area contributed by atoms with Crippen molar-refractivity contribution in [3.8, 4) is 11.5 Å². The van der Waals surface area contributed by atoms with Crippen molar-refractivity contribution in [2.45, 2.75) is 19.3 Å². The first-order chi connectivity index (χ1) is 11.0. The number of nitrogens with zero attached hydrogens (tertiary/aromatic N) is 2. The number of likely N-dealkylation sites (N-methyl/N-ethyl adjacent to an activating group) is 1. The van der Waals surface area contributed by atoms with Crippen LogP contribution in [-0.2, 0) is 11.3 Å². The molecule has 1 aliphatic rings. The third-order valence-corrected chi connectivity index (χ3v) is 3.64. The van der Waals surface area contributed by atoms with E-state index in [4.69, 9.17) is 9.47 Å².